The van der Waals surface area contributed by atoms with Crippen molar-refractivity contribution in [1.29, 1.82) is 0 Å². The summed E-state index contributed by atoms with van der Waals surface area (Å²) in [4.78, 5) is 1.48. The molecule has 0 atom stereocenters. The van der Waals surface area contributed by atoms with Crippen LogP contribution in [0.2, 0.25) is 0 Å². The Morgan fingerprint density at radius 2 is 2.12 bits per heavy atom. The van der Waals surface area contributed by atoms with Gasteiger partial charge in [0, 0.05) is 20.6 Å². The van der Waals surface area contributed by atoms with Gasteiger partial charge >= 0.3 is 0 Å². The van der Waals surface area contributed by atoms with Crippen LogP contribution in [0.3, 0.4) is 0 Å². The van der Waals surface area contributed by atoms with E-state index in [0.29, 0.717) is 5.92 Å². The fraction of sp³-hybridized carbons (Fsp3) is 0.429. The number of halogens is 1. The molecule has 1 nitrogen and oxygen atoms in total. The summed E-state index contributed by atoms with van der Waals surface area (Å²) in [5.41, 5.74) is 1.52. The number of fused-ring (bicyclic) bond motifs is 1. The Morgan fingerprint density at radius 1 is 1.35 bits per heavy atom. The van der Waals surface area contributed by atoms with Crippen molar-refractivity contribution in [3.8, 4) is 0 Å². The van der Waals surface area contributed by atoms with Crippen molar-refractivity contribution < 1.29 is 0 Å². The van der Waals surface area contributed by atoms with Crippen molar-refractivity contribution in [3.05, 3.63) is 33.1 Å². The van der Waals surface area contributed by atoms with Crippen LogP contribution >= 0.6 is 27.3 Å². The molecule has 0 fully saturated rings. The molecular formula is C14H18BrNS. The number of hydrogen-bond donors (Lipinski definition) is 1. The van der Waals surface area contributed by atoms with Crippen LogP contribution in [0, 0.1) is 5.92 Å². The minimum Gasteiger partial charge on any atom is -0.315 e. The van der Waals surface area contributed by atoms with Gasteiger partial charge in [0.25, 0.3) is 0 Å². The summed E-state index contributed by atoms with van der Waals surface area (Å²) in [6.45, 7) is 5.54. The first-order chi connectivity index (χ1) is 8.11. The highest BCUT2D eigenvalue weighted by Crippen LogP contribution is 2.34. The molecule has 2 aromatic rings. The number of thiophene rings is 1. The summed E-state index contributed by atoms with van der Waals surface area (Å²) < 4.78 is 2.57. The zero-order valence-corrected chi connectivity index (χ0v) is 12.9. The van der Waals surface area contributed by atoms with Crippen LogP contribution in [-0.2, 0) is 13.0 Å². The topological polar surface area (TPSA) is 12.0 Å². The van der Waals surface area contributed by atoms with Crippen molar-refractivity contribution in [3.63, 3.8) is 0 Å². The molecule has 0 spiro atoms. The van der Waals surface area contributed by atoms with Gasteiger partial charge in [0.1, 0.15) is 0 Å². The summed E-state index contributed by atoms with van der Waals surface area (Å²) in [5, 5.41) is 4.69. The Kier molecular flexibility index (Phi) is 4.23. The second-order valence-electron chi connectivity index (χ2n) is 4.77. The van der Waals surface area contributed by atoms with Gasteiger partial charge in [0.15, 0.2) is 0 Å². The summed E-state index contributed by atoms with van der Waals surface area (Å²) in [5.74, 6) is 0.697. The third-order valence-corrected chi connectivity index (χ3v) is 4.49. The number of nitrogens with one attached hydrogen (secondary N) is 1. The lowest BCUT2D eigenvalue weighted by Gasteiger charge is -2.07. The van der Waals surface area contributed by atoms with Crippen molar-refractivity contribution >= 4 is 37.4 Å². The van der Waals surface area contributed by atoms with Crippen LogP contribution in [0.5, 0.6) is 0 Å². The Morgan fingerprint density at radius 3 is 2.76 bits per heavy atom. The highest BCUT2D eigenvalue weighted by Gasteiger charge is 2.13. The molecule has 0 amide bonds. The maximum absolute atomic E-state index is 3.57. The Hall–Kier alpha value is -0.380. The van der Waals surface area contributed by atoms with Gasteiger partial charge in [-0.15, -0.1) is 11.3 Å². The van der Waals surface area contributed by atoms with Gasteiger partial charge in [0.05, 0.1) is 0 Å². The zero-order chi connectivity index (χ0) is 12.4. The number of rotatable bonds is 4. The fourth-order valence-electron chi connectivity index (χ4n) is 2.11. The quantitative estimate of drug-likeness (QED) is 0.871. The van der Waals surface area contributed by atoms with Gasteiger partial charge in [-0.25, -0.2) is 0 Å². The molecule has 0 radical (unpaired) electrons. The molecule has 0 bridgehead atoms. The lowest BCUT2D eigenvalue weighted by Crippen LogP contribution is -2.06. The molecule has 17 heavy (non-hydrogen) atoms. The Bertz CT molecular complexity index is 516. The molecule has 3 heteroatoms. The Balaban J connectivity index is 2.55. The van der Waals surface area contributed by atoms with E-state index in [1.54, 1.807) is 0 Å². The van der Waals surface area contributed by atoms with E-state index in [2.05, 4.69) is 53.3 Å². The molecule has 92 valence electrons. The summed E-state index contributed by atoms with van der Waals surface area (Å²) in [7, 11) is 2.01. The monoisotopic (exact) mass is 311 g/mol. The number of benzene rings is 1. The molecule has 1 aromatic heterocycles. The predicted octanol–water partition coefficient (Wildman–Crippen LogP) is 4.58. The summed E-state index contributed by atoms with van der Waals surface area (Å²) in [6, 6.07) is 6.59. The molecule has 0 aliphatic heterocycles. The SMILES string of the molecule is CNCc1sc2ccc(Br)cc2c1CC(C)C. The van der Waals surface area contributed by atoms with E-state index in [0.717, 1.165) is 13.0 Å². The van der Waals surface area contributed by atoms with E-state index in [4.69, 9.17) is 0 Å². The maximum atomic E-state index is 3.57. The normalized spacial score (nSPS) is 11.6. The second-order valence-corrected chi connectivity index (χ2v) is 6.82. The van der Waals surface area contributed by atoms with Gasteiger partial charge in [-0.05, 0) is 48.5 Å². The van der Waals surface area contributed by atoms with E-state index in [-0.39, 0.29) is 0 Å². The van der Waals surface area contributed by atoms with E-state index < -0.39 is 0 Å². The second kappa shape index (κ2) is 5.51. The first-order valence-electron chi connectivity index (χ1n) is 5.96. The first-order valence-corrected chi connectivity index (χ1v) is 7.57. The van der Waals surface area contributed by atoms with Crippen LogP contribution in [0.15, 0.2) is 22.7 Å². The first kappa shape index (κ1) is 13.1. The predicted molar refractivity (Wildman–Crippen MR) is 80.8 cm³/mol. The molecule has 0 saturated heterocycles. The van der Waals surface area contributed by atoms with E-state index in [1.165, 1.54) is 25.0 Å². The minimum atomic E-state index is 0.697. The molecular weight excluding hydrogens is 294 g/mol. The molecule has 0 saturated carbocycles. The third kappa shape index (κ3) is 2.90. The van der Waals surface area contributed by atoms with Crippen LogP contribution in [0.1, 0.15) is 24.3 Å². The molecule has 1 aromatic carbocycles. The molecule has 2 rings (SSSR count). The van der Waals surface area contributed by atoms with Gasteiger partial charge in [-0.3, -0.25) is 0 Å². The van der Waals surface area contributed by atoms with E-state index >= 15 is 0 Å². The third-order valence-electron chi connectivity index (χ3n) is 2.79. The van der Waals surface area contributed by atoms with Gasteiger partial charge in [-0.1, -0.05) is 29.8 Å². The zero-order valence-electron chi connectivity index (χ0n) is 10.5. The smallest absolute Gasteiger partial charge is 0.0349 e. The molecule has 1 heterocycles. The van der Waals surface area contributed by atoms with E-state index in [1.807, 2.05) is 18.4 Å². The summed E-state index contributed by atoms with van der Waals surface area (Å²) in [6.07, 6.45) is 1.16. The molecule has 1 N–H and O–H groups in total. The average Bonchev–Trinajstić information content (AvgIpc) is 2.57. The highest BCUT2D eigenvalue weighted by molar-refractivity contribution is 9.10. The van der Waals surface area contributed by atoms with Crippen molar-refractivity contribution in [1.82, 2.24) is 5.32 Å². The van der Waals surface area contributed by atoms with Crippen molar-refractivity contribution in [2.75, 3.05) is 7.05 Å². The number of hydrogen-bond acceptors (Lipinski definition) is 2. The summed E-state index contributed by atoms with van der Waals surface area (Å²) >= 11 is 5.49. The standard InChI is InChI=1S/C14H18BrNS/c1-9(2)6-11-12-7-10(15)4-5-13(12)17-14(11)8-16-3/h4-5,7,9,16H,6,8H2,1-3H3. The fourth-order valence-corrected chi connectivity index (χ4v) is 3.69. The van der Waals surface area contributed by atoms with Crippen molar-refractivity contribution in [2.24, 2.45) is 5.92 Å². The van der Waals surface area contributed by atoms with Crippen LogP contribution in [0.25, 0.3) is 10.1 Å². The van der Waals surface area contributed by atoms with Crippen LogP contribution in [0.4, 0.5) is 0 Å². The molecule has 0 aliphatic carbocycles. The largest absolute Gasteiger partial charge is 0.315 e. The van der Waals surface area contributed by atoms with Gasteiger partial charge in [-0.2, -0.15) is 0 Å². The average molecular weight is 312 g/mol. The van der Waals surface area contributed by atoms with E-state index in [9.17, 15) is 0 Å². The lowest BCUT2D eigenvalue weighted by atomic mass is 10.00. The van der Waals surface area contributed by atoms with Crippen LogP contribution < -0.4 is 5.32 Å². The lowest BCUT2D eigenvalue weighted by molar-refractivity contribution is 0.645. The molecule has 0 aliphatic rings. The maximum Gasteiger partial charge on any atom is 0.0349 e. The van der Waals surface area contributed by atoms with Crippen LogP contribution in [-0.4, -0.2) is 7.05 Å². The van der Waals surface area contributed by atoms with Gasteiger partial charge in [0.2, 0.25) is 0 Å². The van der Waals surface area contributed by atoms with Crippen molar-refractivity contribution in [2.45, 2.75) is 26.8 Å². The van der Waals surface area contributed by atoms with Gasteiger partial charge < -0.3 is 5.32 Å². The highest BCUT2D eigenvalue weighted by atomic mass is 79.9. The Labute approximate surface area is 115 Å². The minimum absolute atomic E-state index is 0.697. The molecule has 0 unspecified atom stereocenters.